The molecule has 1 aliphatic rings. The van der Waals surface area contributed by atoms with E-state index in [1.54, 1.807) is 28.9 Å². The summed E-state index contributed by atoms with van der Waals surface area (Å²) in [5, 5.41) is 10.2. The van der Waals surface area contributed by atoms with E-state index in [9.17, 15) is 9.59 Å². The maximum absolute atomic E-state index is 12.1. The molecule has 2 heterocycles. The molecule has 4 rings (SSSR count). The van der Waals surface area contributed by atoms with Gasteiger partial charge < -0.3 is 4.74 Å². The molecule has 0 saturated carbocycles. The fourth-order valence-electron chi connectivity index (χ4n) is 2.89. The van der Waals surface area contributed by atoms with Gasteiger partial charge in [-0.15, -0.1) is 5.10 Å². The Kier molecular flexibility index (Phi) is 4.94. The molecule has 1 aliphatic heterocycles. The van der Waals surface area contributed by atoms with Crippen LogP contribution in [0.1, 0.15) is 18.0 Å². The lowest BCUT2D eigenvalue weighted by molar-refractivity contribution is -0.118. The highest BCUT2D eigenvalue weighted by Gasteiger charge is 2.29. The number of hydrogen-bond acceptors (Lipinski definition) is 5. The van der Waals surface area contributed by atoms with Crippen LogP contribution in [0.3, 0.4) is 0 Å². The van der Waals surface area contributed by atoms with Gasteiger partial charge in [-0.2, -0.15) is 4.98 Å². The number of anilines is 2. The third-order valence-corrected chi connectivity index (χ3v) is 4.43. The van der Waals surface area contributed by atoms with E-state index in [4.69, 9.17) is 16.3 Å². The standard InChI is InChI=1S/C19H16ClN5O3/c20-13-8-6-12(7-9-13)15-10-16(26)22-19-23-18(24-25(15)19)21-17(27)11-28-14-4-2-1-3-5-14/h1-9,15H,10-11H2,(H2,21,22,23,24,26,27)/t15-/m0/s1. The molecule has 9 heteroatoms. The molecule has 3 aromatic rings. The number of aromatic nitrogens is 3. The van der Waals surface area contributed by atoms with Crippen molar-refractivity contribution in [2.45, 2.75) is 12.5 Å². The molecule has 2 N–H and O–H groups in total. The lowest BCUT2D eigenvalue weighted by Crippen LogP contribution is -2.29. The molecule has 1 atom stereocenters. The SMILES string of the molecule is O=C(COc1ccccc1)Nc1nc2n(n1)[C@H](c1ccc(Cl)cc1)CC(=O)N2. The van der Waals surface area contributed by atoms with Crippen LogP contribution in [0.25, 0.3) is 0 Å². The van der Waals surface area contributed by atoms with Gasteiger partial charge in [0.15, 0.2) is 6.61 Å². The van der Waals surface area contributed by atoms with Crippen molar-refractivity contribution in [3.05, 3.63) is 65.2 Å². The van der Waals surface area contributed by atoms with E-state index in [0.717, 1.165) is 5.56 Å². The second kappa shape index (κ2) is 7.69. The lowest BCUT2D eigenvalue weighted by Gasteiger charge is -2.23. The molecule has 0 radical (unpaired) electrons. The number of ether oxygens (including phenoxy) is 1. The molecule has 0 unspecified atom stereocenters. The maximum Gasteiger partial charge on any atom is 0.264 e. The molecule has 8 nitrogen and oxygen atoms in total. The second-order valence-electron chi connectivity index (χ2n) is 6.17. The van der Waals surface area contributed by atoms with Gasteiger partial charge in [-0.3, -0.25) is 20.2 Å². The smallest absolute Gasteiger partial charge is 0.264 e. The minimum absolute atomic E-state index is 0.0952. The van der Waals surface area contributed by atoms with E-state index in [1.165, 1.54) is 0 Å². The van der Waals surface area contributed by atoms with Crippen LogP contribution in [0.15, 0.2) is 54.6 Å². The predicted molar refractivity (Wildman–Crippen MR) is 103 cm³/mol. The molecule has 28 heavy (non-hydrogen) atoms. The number of nitrogens with one attached hydrogen (secondary N) is 2. The molecular formula is C19H16ClN5O3. The van der Waals surface area contributed by atoms with Gasteiger partial charge in [0.2, 0.25) is 11.9 Å². The van der Waals surface area contributed by atoms with Crippen LogP contribution >= 0.6 is 11.6 Å². The number of carbonyl (C=O) groups is 2. The van der Waals surface area contributed by atoms with E-state index in [-0.39, 0.29) is 36.9 Å². The van der Waals surface area contributed by atoms with E-state index in [0.29, 0.717) is 10.8 Å². The maximum atomic E-state index is 12.1. The van der Waals surface area contributed by atoms with Gasteiger partial charge in [0.1, 0.15) is 5.75 Å². The third-order valence-electron chi connectivity index (χ3n) is 4.18. The van der Waals surface area contributed by atoms with Crippen LogP contribution in [-0.4, -0.2) is 33.2 Å². The minimum atomic E-state index is -0.402. The summed E-state index contributed by atoms with van der Waals surface area (Å²) in [5.41, 5.74) is 0.871. The van der Waals surface area contributed by atoms with Crippen molar-refractivity contribution in [2.24, 2.45) is 0 Å². The lowest BCUT2D eigenvalue weighted by atomic mass is 10.0. The summed E-state index contributed by atoms with van der Waals surface area (Å²) >= 11 is 5.94. The van der Waals surface area contributed by atoms with Crippen LogP contribution in [0.2, 0.25) is 5.02 Å². The Hall–Kier alpha value is -3.39. The number of halogens is 1. The topological polar surface area (TPSA) is 98.1 Å². The van der Waals surface area contributed by atoms with Gasteiger partial charge in [-0.05, 0) is 29.8 Å². The van der Waals surface area contributed by atoms with Crippen LogP contribution in [0.4, 0.5) is 11.9 Å². The number of benzene rings is 2. The summed E-state index contributed by atoms with van der Waals surface area (Å²) in [6, 6.07) is 15.9. The van der Waals surface area contributed by atoms with Gasteiger partial charge in [0.25, 0.3) is 11.9 Å². The molecule has 0 aliphatic carbocycles. The number of amides is 2. The van der Waals surface area contributed by atoms with Crippen LogP contribution in [0, 0.1) is 0 Å². The average Bonchev–Trinajstić information content (AvgIpc) is 3.09. The number of hydrogen-bond donors (Lipinski definition) is 2. The molecule has 142 valence electrons. The van der Waals surface area contributed by atoms with E-state index in [1.807, 2.05) is 30.3 Å². The molecule has 0 fully saturated rings. The van der Waals surface area contributed by atoms with Gasteiger partial charge in [0, 0.05) is 5.02 Å². The van der Waals surface area contributed by atoms with Crippen molar-refractivity contribution < 1.29 is 14.3 Å². The molecule has 0 bridgehead atoms. The first-order valence-corrected chi connectivity index (χ1v) is 8.96. The van der Waals surface area contributed by atoms with Crippen molar-refractivity contribution in [3.8, 4) is 5.75 Å². The van der Waals surface area contributed by atoms with Crippen LogP contribution in [0.5, 0.6) is 5.75 Å². The van der Waals surface area contributed by atoms with E-state index >= 15 is 0 Å². The summed E-state index contributed by atoms with van der Waals surface area (Å²) in [5.74, 6) is 0.379. The summed E-state index contributed by atoms with van der Waals surface area (Å²) in [4.78, 5) is 28.4. The molecule has 0 spiro atoms. The third kappa shape index (κ3) is 3.96. The zero-order chi connectivity index (χ0) is 19.5. The molecule has 2 amide bonds. The van der Waals surface area contributed by atoms with Crippen molar-refractivity contribution in [2.75, 3.05) is 17.2 Å². The largest absolute Gasteiger partial charge is 0.484 e. The van der Waals surface area contributed by atoms with Crippen LogP contribution < -0.4 is 15.4 Å². The number of carbonyl (C=O) groups excluding carboxylic acids is 2. The van der Waals surface area contributed by atoms with Gasteiger partial charge in [0.05, 0.1) is 12.5 Å². The highest BCUT2D eigenvalue weighted by Crippen LogP contribution is 2.30. The van der Waals surface area contributed by atoms with Gasteiger partial charge in [-0.1, -0.05) is 41.9 Å². The Balaban J connectivity index is 1.48. The number of rotatable bonds is 5. The quantitative estimate of drug-likeness (QED) is 0.689. The van der Waals surface area contributed by atoms with Crippen molar-refractivity contribution >= 4 is 35.3 Å². The normalized spacial score (nSPS) is 15.5. The average molecular weight is 398 g/mol. The number of para-hydroxylation sites is 1. The van der Waals surface area contributed by atoms with Crippen molar-refractivity contribution in [1.29, 1.82) is 0 Å². The molecule has 1 aromatic heterocycles. The highest BCUT2D eigenvalue weighted by molar-refractivity contribution is 6.30. The Morgan fingerprint density at radius 3 is 2.71 bits per heavy atom. The molecule has 2 aromatic carbocycles. The highest BCUT2D eigenvalue weighted by atomic mass is 35.5. The van der Waals surface area contributed by atoms with Crippen molar-refractivity contribution in [3.63, 3.8) is 0 Å². The van der Waals surface area contributed by atoms with Gasteiger partial charge >= 0.3 is 0 Å². The number of fused-ring (bicyclic) bond motifs is 1. The predicted octanol–water partition coefficient (Wildman–Crippen LogP) is 2.88. The van der Waals surface area contributed by atoms with Crippen molar-refractivity contribution in [1.82, 2.24) is 14.8 Å². The summed E-state index contributed by atoms with van der Waals surface area (Å²) < 4.78 is 6.99. The summed E-state index contributed by atoms with van der Waals surface area (Å²) in [6.45, 7) is -0.180. The first-order valence-electron chi connectivity index (χ1n) is 8.58. The number of nitrogens with zero attached hydrogens (tertiary/aromatic N) is 3. The first kappa shape index (κ1) is 18.0. The molecular weight excluding hydrogens is 382 g/mol. The minimum Gasteiger partial charge on any atom is -0.484 e. The Labute approximate surface area is 165 Å². The Bertz CT molecular complexity index is 1000. The second-order valence-corrected chi connectivity index (χ2v) is 6.61. The Morgan fingerprint density at radius 2 is 1.96 bits per heavy atom. The Morgan fingerprint density at radius 1 is 1.21 bits per heavy atom. The van der Waals surface area contributed by atoms with Gasteiger partial charge in [-0.25, -0.2) is 4.68 Å². The fourth-order valence-corrected chi connectivity index (χ4v) is 3.01. The zero-order valence-corrected chi connectivity index (χ0v) is 15.4. The fraction of sp³-hybridized carbons (Fsp3) is 0.158. The summed E-state index contributed by atoms with van der Waals surface area (Å²) in [7, 11) is 0. The zero-order valence-electron chi connectivity index (χ0n) is 14.6. The molecule has 0 saturated heterocycles. The monoisotopic (exact) mass is 397 g/mol. The van der Waals surface area contributed by atoms with E-state index < -0.39 is 5.91 Å². The van der Waals surface area contributed by atoms with E-state index in [2.05, 4.69) is 20.7 Å². The first-order chi connectivity index (χ1) is 13.6. The van der Waals surface area contributed by atoms with Crippen LogP contribution in [-0.2, 0) is 9.59 Å². The summed E-state index contributed by atoms with van der Waals surface area (Å²) in [6.07, 6.45) is 0.211.